The maximum atomic E-state index is 14.0. The van der Waals surface area contributed by atoms with E-state index in [2.05, 4.69) is 43.0 Å². The van der Waals surface area contributed by atoms with Gasteiger partial charge in [0.1, 0.15) is 29.3 Å². The zero-order valence-corrected chi connectivity index (χ0v) is 31.2. The number of nitrogens with zero attached hydrogens (tertiary/aromatic N) is 1. The molecule has 1 aliphatic carbocycles. The van der Waals surface area contributed by atoms with Gasteiger partial charge in [-0.3, -0.25) is 9.59 Å². The number of nitrogens with one attached hydrogen (secondary N) is 1. The molecule has 1 saturated carbocycles. The average molecular weight is 739 g/mol. The summed E-state index contributed by atoms with van der Waals surface area (Å²) in [5, 5.41) is 12.9. The van der Waals surface area contributed by atoms with Crippen molar-refractivity contribution >= 4 is 17.8 Å². The molecule has 4 aromatic rings. The summed E-state index contributed by atoms with van der Waals surface area (Å²) in [6.45, 7) is 7.36. The largest absolute Gasteiger partial charge is 0.480 e. The van der Waals surface area contributed by atoms with Crippen molar-refractivity contribution in [3.63, 3.8) is 0 Å². The number of halogens is 2. The van der Waals surface area contributed by atoms with E-state index in [4.69, 9.17) is 4.74 Å². The molecule has 0 bridgehead atoms. The summed E-state index contributed by atoms with van der Waals surface area (Å²) in [6.07, 6.45) is 1.48. The Balaban J connectivity index is 1.16. The Morgan fingerprint density at radius 2 is 1.41 bits per heavy atom. The quantitative estimate of drug-likeness (QED) is 0.150. The molecule has 6 rings (SSSR count). The molecule has 4 aromatic carbocycles. The molecule has 2 atom stereocenters. The summed E-state index contributed by atoms with van der Waals surface area (Å²) in [6, 6.07) is 25.0. The highest BCUT2D eigenvalue weighted by Crippen LogP contribution is 2.34. The van der Waals surface area contributed by atoms with E-state index in [0.29, 0.717) is 30.4 Å². The molecule has 1 fully saturated rings. The summed E-state index contributed by atoms with van der Waals surface area (Å²) >= 11 is 0. The molecular weight excluding hydrogens is 690 g/mol. The third-order valence-electron chi connectivity index (χ3n) is 10.3. The van der Waals surface area contributed by atoms with Crippen LogP contribution in [0.4, 0.5) is 8.78 Å². The van der Waals surface area contributed by atoms with Gasteiger partial charge in [0, 0.05) is 32.7 Å². The summed E-state index contributed by atoms with van der Waals surface area (Å²) < 4.78 is 37.2. The lowest BCUT2D eigenvalue weighted by Crippen LogP contribution is -2.56. The maximum Gasteiger partial charge on any atom is 0.394 e. The Labute approximate surface area is 315 Å². The first kappa shape index (κ1) is 38.5. The molecular formula is C44H48F2N2O6. The van der Waals surface area contributed by atoms with Gasteiger partial charge in [-0.15, -0.1) is 0 Å². The number of carbonyl (C=O) groups is 3. The predicted molar refractivity (Wildman–Crippen MR) is 203 cm³/mol. The van der Waals surface area contributed by atoms with E-state index in [1.807, 2.05) is 30.3 Å². The minimum absolute atomic E-state index is 0.0194. The Morgan fingerprint density at radius 1 is 0.815 bits per heavy atom. The standard InChI is InChI=1S/C44H48F2N2O6/c1-43(2,3)34-16-21-35(22-17-34)53-37-20-15-32-26-39(48(27-33(32)25-37)40(49)24-28-7-5-6-8-28)41(50)47-38(42(51)52)23-29-9-11-30(12-10-29)31-13-18-36(19-14-31)54-44(4,45)46/h9-22,25,28,38-39H,5-8,23-24,26-27H2,1-4H3,(H,47,50)(H,51,52)/t38-,39-/m0/s1. The van der Waals surface area contributed by atoms with Crippen molar-refractivity contribution in [3.05, 3.63) is 113 Å². The number of alkyl halides is 2. The van der Waals surface area contributed by atoms with Crippen LogP contribution in [0.3, 0.4) is 0 Å². The Kier molecular flexibility index (Phi) is 11.4. The number of aliphatic carboxylic acids is 1. The van der Waals surface area contributed by atoms with Crippen LogP contribution in [0.15, 0.2) is 91.0 Å². The maximum absolute atomic E-state index is 14.0. The third-order valence-corrected chi connectivity index (χ3v) is 10.3. The third kappa shape index (κ3) is 9.83. The highest BCUT2D eigenvalue weighted by molar-refractivity contribution is 5.91. The number of carboxylic acids is 1. The Bertz CT molecular complexity index is 1940. The van der Waals surface area contributed by atoms with Crippen LogP contribution in [-0.4, -0.2) is 46.0 Å². The number of amides is 2. The number of ether oxygens (including phenoxy) is 2. The van der Waals surface area contributed by atoms with Crippen molar-refractivity contribution in [1.29, 1.82) is 0 Å². The van der Waals surface area contributed by atoms with Crippen LogP contribution < -0.4 is 14.8 Å². The lowest BCUT2D eigenvalue weighted by Gasteiger charge is -2.37. The van der Waals surface area contributed by atoms with Crippen LogP contribution in [0.2, 0.25) is 0 Å². The van der Waals surface area contributed by atoms with Crippen LogP contribution >= 0.6 is 0 Å². The minimum atomic E-state index is -3.29. The zero-order valence-electron chi connectivity index (χ0n) is 31.2. The number of hydrogen-bond acceptors (Lipinski definition) is 5. The number of carboxylic acid groups (broad SMARTS) is 1. The van der Waals surface area contributed by atoms with Crippen molar-refractivity contribution in [2.45, 2.75) is 103 Å². The molecule has 10 heteroatoms. The van der Waals surface area contributed by atoms with Gasteiger partial charge >= 0.3 is 12.1 Å². The van der Waals surface area contributed by atoms with Crippen molar-refractivity contribution < 1.29 is 37.7 Å². The summed E-state index contributed by atoms with van der Waals surface area (Å²) in [7, 11) is 0. The van der Waals surface area contributed by atoms with Crippen molar-refractivity contribution in [2.24, 2.45) is 5.92 Å². The van der Waals surface area contributed by atoms with Crippen molar-refractivity contribution in [2.75, 3.05) is 0 Å². The van der Waals surface area contributed by atoms with E-state index in [1.54, 1.807) is 41.3 Å². The molecule has 0 saturated heterocycles. The zero-order chi connectivity index (χ0) is 38.6. The molecule has 2 aliphatic rings. The first-order chi connectivity index (χ1) is 25.6. The number of fused-ring (bicyclic) bond motifs is 1. The number of rotatable bonds is 12. The van der Waals surface area contributed by atoms with Crippen LogP contribution in [0, 0.1) is 5.92 Å². The topological polar surface area (TPSA) is 105 Å². The highest BCUT2D eigenvalue weighted by Gasteiger charge is 2.37. The normalized spacial score (nSPS) is 16.7. The Morgan fingerprint density at radius 3 is 2.00 bits per heavy atom. The van der Waals surface area contributed by atoms with Gasteiger partial charge in [0.25, 0.3) is 0 Å². The number of benzene rings is 4. The lowest BCUT2D eigenvalue weighted by molar-refractivity contribution is -0.159. The lowest BCUT2D eigenvalue weighted by atomic mass is 9.87. The highest BCUT2D eigenvalue weighted by atomic mass is 19.3. The molecule has 2 amide bonds. The molecule has 0 aromatic heterocycles. The SMILES string of the molecule is CC(F)(F)Oc1ccc(-c2ccc(C[C@H](NC(=O)[C@@H]3Cc4ccc(Oc5ccc(C(C)(C)C)cc5)cc4CN3C(=O)CC3CCCC3)C(=O)O)cc2)cc1. The van der Waals surface area contributed by atoms with Crippen LogP contribution in [0.1, 0.15) is 82.1 Å². The van der Waals surface area contributed by atoms with Gasteiger partial charge in [-0.2, -0.15) is 8.78 Å². The van der Waals surface area contributed by atoms with E-state index in [0.717, 1.165) is 47.9 Å². The predicted octanol–water partition coefficient (Wildman–Crippen LogP) is 9.08. The van der Waals surface area contributed by atoms with Gasteiger partial charge in [-0.1, -0.05) is 88.2 Å². The molecule has 284 valence electrons. The van der Waals surface area contributed by atoms with E-state index in [-0.39, 0.29) is 42.4 Å². The van der Waals surface area contributed by atoms with Gasteiger partial charge in [0.05, 0.1) is 0 Å². The molecule has 1 heterocycles. The molecule has 0 radical (unpaired) electrons. The van der Waals surface area contributed by atoms with E-state index >= 15 is 0 Å². The first-order valence-electron chi connectivity index (χ1n) is 18.6. The second-order valence-electron chi connectivity index (χ2n) is 15.6. The van der Waals surface area contributed by atoms with Gasteiger partial charge in [-0.05, 0) is 94.0 Å². The van der Waals surface area contributed by atoms with Crippen LogP contribution in [0.25, 0.3) is 11.1 Å². The van der Waals surface area contributed by atoms with Crippen molar-refractivity contribution in [1.82, 2.24) is 10.2 Å². The molecule has 2 N–H and O–H groups in total. The van der Waals surface area contributed by atoms with Crippen molar-refractivity contribution in [3.8, 4) is 28.4 Å². The fraction of sp³-hybridized carbons (Fsp3) is 0.386. The smallest absolute Gasteiger partial charge is 0.394 e. The molecule has 0 unspecified atom stereocenters. The summed E-state index contributed by atoms with van der Waals surface area (Å²) in [5.74, 6) is -0.160. The molecule has 0 spiro atoms. The van der Waals surface area contributed by atoms with Gasteiger partial charge in [-0.25, -0.2) is 4.79 Å². The van der Waals surface area contributed by atoms with E-state index < -0.39 is 30.1 Å². The summed E-state index contributed by atoms with van der Waals surface area (Å²) in [4.78, 5) is 41.9. The second-order valence-corrected chi connectivity index (χ2v) is 15.6. The van der Waals surface area contributed by atoms with Gasteiger partial charge in [0.15, 0.2) is 0 Å². The van der Waals surface area contributed by atoms with E-state index in [9.17, 15) is 28.3 Å². The Hall–Kier alpha value is -5.25. The minimum Gasteiger partial charge on any atom is -0.480 e. The van der Waals surface area contributed by atoms with E-state index in [1.165, 1.54) is 17.7 Å². The molecule has 8 nitrogen and oxygen atoms in total. The fourth-order valence-corrected chi connectivity index (χ4v) is 7.32. The molecule has 54 heavy (non-hydrogen) atoms. The number of carbonyl (C=O) groups excluding carboxylic acids is 2. The number of hydrogen-bond donors (Lipinski definition) is 2. The van der Waals surface area contributed by atoms with Crippen LogP contribution in [-0.2, 0) is 39.2 Å². The average Bonchev–Trinajstić information content (AvgIpc) is 3.63. The van der Waals surface area contributed by atoms with Gasteiger partial charge < -0.3 is 24.8 Å². The second kappa shape index (κ2) is 16.0. The first-order valence-corrected chi connectivity index (χ1v) is 18.6. The van der Waals surface area contributed by atoms with Gasteiger partial charge in [0.2, 0.25) is 11.8 Å². The fourth-order valence-electron chi connectivity index (χ4n) is 7.32. The van der Waals surface area contributed by atoms with Crippen LogP contribution in [0.5, 0.6) is 17.2 Å². The summed E-state index contributed by atoms with van der Waals surface area (Å²) in [5.41, 5.74) is 5.26. The molecule has 1 aliphatic heterocycles. The monoisotopic (exact) mass is 738 g/mol.